The number of likely N-dealkylation sites (N-methyl/N-ethyl adjacent to an activating group) is 1. The van der Waals surface area contributed by atoms with E-state index in [1.165, 1.54) is 0 Å². The van der Waals surface area contributed by atoms with E-state index in [1.54, 1.807) is 4.90 Å². The predicted molar refractivity (Wildman–Crippen MR) is 55.1 cm³/mol. The van der Waals surface area contributed by atoms with Crippen LogP contribution in [-0.2, 0) is 4.79 Å². The quantitative estimate of drug-likeness (QED) is 0.577. The van der Waals surface area contributed by atoms with E-state index in [0.717, 1.165) is 11.3 Å². The van der Waals surface area contributed by atoms with E-state index >= 15 is 0 Å². The molecule has 0 saturated heterocycles. The van der Waals surface area contributed by atoms with Crippen LogP contribution in [0.3, 0.4) is 0 Å². The van der Waals surface area contributed by atoms with Gasteiger partial charge in [0, 0.05) is 24.5 Å². The fraction of sp³-hybridized carbons (Fsp3) is 0.364. The molecule has 1 unspecified atom stereocenters. The molecule has 2 aliphatic heterocycles. The van der Waals surface area contributed by atoms with Crippen LogP contribution in [0.2, 0.25) is 0 Å². The van der Waals surface area contributed by atoms with Gasteiger partial charge in [0.15, 0.2) is 0 Å². The molecule has 0 fully saturated rings. The summed E-state index contributed by atoms with van der Waals surface area (Å²) in [6.45, 7) is 3.85. The molecule has 0 aromatic rings. The van der Waals surface area contributed by atoms with Gasteiger partial charge in [-0.1, -0.05) is 6.08 Å². The average molecular weight is 190 g/mol. The molecule has 0 spiro atoms. The fourth-order valence-electron chi connectivity index (χ4n) is 1.80. The Bertz CT molecular complexity index is 365. The van der Waals surface area contributed by atoms with Crippen molar-refractivity contribution in [2.75, 3.05) is 7.05 Å². The Labute approximate surface area is 84.0 Å². The molecule has 2 heterocycles. The molecule has 2 aliphatic rings. The highest BCUT2D eigenvalue weighted by Crippen LogP contribution is 2.25. The Morgan fingerprint density at radius 1 is 1.29 bits per heavy atom. The Morgan fingerprint density at radius 3 is 2.71 bits per heavy atom. The van der Waals surface area contributed by atoms with Crippen molar-refractivity contribution in [2.45, 2.75) is 20.0 Å². The van der Waals surface area contributed by atoms with Crippen molar-refractivity contribution in [3.63, 3.8) is 0 Å². The van der Waals surface area contributed by atoms with E-state index in [2.05, 4.69) is 4.90 Å². The standard InChI is InChI=1S/C11H14N2O/c1-8-9(2)12(3)10-6-4-5-7-13(10)11(8)14/h4-7,10H,1-3H3. The number of nitrogens with zero attached hydrogens (tertiary/aromatic N) is 2. The second-order valence-corrected chi connectivity index (χ2v) is 3.67. The van der Waals surface area contributed by atoms with Gasteiger partial charge in [0.2, 0.25) is 0 Å². The smallest absolute Gasteiger partial charge is 0.257 e. The third-order valence-corrected chi connectivity index (χ3v) is 2.95. The van der Waals surface area contributed by atoms with Crippen LogP contribution in [0.1, 0.15) is 13.8 Å². The first-order valence-electron chi connectivity index (χ1n) is 4.71. The number of amides is 1. The van der Waals surface area contributed by atoms with E-state index < -0.39 is 0 Å². The summed E-state index contributed by atoms with van der Waals surface area (Å²) in [4.78, 5) is 15.7. The van der Waals surface area contributed by atoms with Crippen LogP contribution in [0.5, 0.6) is 0 Å². The van der Waals surface area contributed by atoms with Crippen molar-refractivity contribution in [2.24, 2.45) is 0 Å². The topological polar surface area (TPSA) is 23.6 Å². The van der Waals surface area contributed by atoms with Crippen LogP contribution in [0, 0.1) is 0 Å². The normalized spacial score (nSPS) is 25.9. The van der Waals surface area contributed by atoms with Gasteiger partial charge in [-0.2, -0.15) is 0 Å². The maximum atomic E-state index is 11.9. The van der Waals surface area contributed by atoms with Crippen molar-refractivity contribution in [1.82, 2.24) is 9.80 Å². The summed E-state index contributed by atoms with van der Waals surface area (Å²) in [6.07, 6.45) is 7.76. The monoisotopic (exact) mass is 190 g/mol. The average Bonchev–Trinajstić information content (AvgIpc) is 2.23. The number of carbonyl (C=O) groups is 1. The Hall–Kier alpha value is -1.51. The minimum absolute atomic E-state index is 0.0520. The lowest BCUT2D eigenvalue weighted by molar-refractivity contribution is -0.129. The van der Waals surface area contributed by atoms with Gasteiger partial charge in [0.05, 0.1) is 0 Å². The molecular weight excluding hydrogens is 176 g/mol. The zero-order valence-corrected chi connectivity index (χ0v) is 8.69. The molecule has 74 valence electrons. The van der Waals surface area contributed by atoms with Gasteiger partial charge in [0.1, 0.15) is 6.17 Å². The van der Waals surface area contributed by atoms with E-state index in [1.807, 2.05) is 45.3 Å². The SMILES string of the molecule is CC1=C(C)N(C)C2C=CC=CN2C1=O. The molecule has 0 saturated carbocycles. The van der Waals surface area contributed by atoms with Gasteiger partial charge < -0.3 is 4.90 Å². The van der Waals surface area contributed by atoms with Gasteiger partial charge in [-0.25, -0.2) is 0 Å². The maximum Gasteiger partial charge on any atom is 0.257 e. The van der Waals surface area contributed by atoms with E-state index in [0.29, 0.717) is 0 Å². The van der Waals surface area contributed by atoms with Crippen LogP contribution >= 0.6 is 0 Å². The number of fused-ring (bicyclic) bond motifs is 1. The molecule has 0 aromatic carbocycles. The molecule has 14 heavy (non-hydrogen) atoms. The van der Waals surface area contributed by atoms with Gasteiger partial charge in [-0.15, -0.1) is 0 Å². The lowest BCUT2D eigenvalue weighted by atomic mass is 10.1. The highest BCUT2D eigenvalue weighted by molar-refractivity contribution is 5.95. The summed E-state index contributed by atoms with van der Waals surface area (Å²) >= 11 is 0. The Morgan fingerprint density at radius 2 is 2.00 bits per heavy atom. The van der Waals surface area contributed by atoms with Crippen molar-refractivity contribution in [3.8, 4) is 0 Å². The highest BCUT2D eigenvalue weighted by atomic mass is 16.2. The third kappa shape index (κ3) is 1.09. The summed E-state index contributed by atoms with van der Waals surface area (Å²) in [5.41, 5.74) is 1.87. The molecule has 1 amide bonds. The molecule has 0 aliphatic carbocycles. The van der Waals surface area contributed by atoms with E-state index in [-0.39, 0.29) is 12.1 Å². The van der Waals surface area contributed by atoms with Crippen molar-refractivity contribution in [3.05, 3.63) is 35.7 Å². The van der Waals surface area contributed by atoms with Crippen LogP contribution in [0.15, 0.2) is 35.7 Å². The second kappa shape index (κ2) is 3.01. The first-order chi connectivity index (χ1) is 6.63. The van der Waals surface area contributed by atoms with Crippen LogP contribution < -0.4 is 0 Å². The predicted octanol–water partition coefficient (Wildman–Crippen LogP) is 1.46. The first-order valence-corrected chi connectivity index (χ1v) is 4.71. The molecule has 0 bridgehead atoms. The minimum atomic E-state index is 0.0520. The van der Waals surface area contributed by atoms with E-state index in [4.69, 9.17) is 0 Å². The minimum Gasteiger partial charge on any atom is -0.354 e. The van der Waals surface area contributed by atoms with Crippen LogP contribution in [0.25, 0.3) is 0 Å². The molecule has 1 atom stereocenters. The molecule has 0 radical (unpaired) electrons. The number of allylic oxidation sites excluding steroid dienone is 3. The number of hydrogen-bond acceptors (Lipinski definition) is 2. The summed E-state index contributed by atoms with van der Waals surface area (Å²) < 4.78 is 0. The zero-order chi connectivity index (χ0) is 10.3. The first kappa shape index (κ1) is 9.06. The van der Waals surface area contributed by atoms with Crippen molar-refractivity contribution in [1.29, 1.82) is 0 Å². The van der Waals surface area contributed by atoms with Gasteiger partial charge in [-0.05, 0) is 26.0 Å². The summed E-state index contributed by atoms with van der Waals surface area (Å²) in [6, 6.07) is 0. The largest absolute Gasteiger partial charge is 0.354 e. The lowest BCUT2D eigenvalue weighted by Crippen LogP contribution is -2.50. The van der Waals surface area contributed by atoms with Crippen LogP contribution in [0.4, 0.5) is 0 Å². The maximum absolute atomic E-state index is 11.9. The highest BCUT2D eigenvalue weighted by Gasteiger charge is 2.31. The van der Waals surface area contributed by atoms with Gasteiger partial charge in [0.25, 0.3) is 5.91 Å². The Balaban J connectivity index is 2.46. The molecular formula is C11H14N2O. The summed E-state index contributed by atoms with van der Waals surface area (Å²) in [5, 5.41) is 0. The van der Waals surface area contributed by atoms with E-state index in [9.17, 15) is 4.79 Å². The summed E-state index contributed by atoms with van der Waals surface area (Å²) in [5.74, 6) is 0.103. The lowest BCUT2D eigenvalue weighted by Gasteiger charge is -2.41. The Kier molecular flexibility index (Phi) is 1.95. The number of hydrogen-bond donors (Lipinski definition) is 0. The van der Waals surface area contributed by atoms with Gasteiger partial charge in [-0.3, -0.25) is 9.69 Å². The number of carbonyl (C=O) groups excluding carboxylic acids is 1. The van der Waals surface area contributed by atoms with Crippen LogP contribution in [-0.4, -0.2) is 28.9 Å². The molecule has 3 heteroatoms. The molecule has 0 aromatic heterocycles. The number of rotatable bonds is 0. The summed E-state index contributed by atoms with van der Waals surface area (Å²) in [7, 11) is 2.01. The second-order valence-electron chi connectivity index (χ2n) is 3.67. The van der Waals surface area contributed by atoms with Crippen molar-refractivity contribution >= 4 is 5.91 Å². The fourth-order valence-corrected chi connectivity index (χ4v) is 1.80. The molecule has 0 N–H and O–H groups in total. The third-order valence-electron chi connectivity index (χ3n) is 2.95. The zero-order valence-electron chi connectivity index (χ0n) is 8.69. The van der Waals surface area contributed by atoms with Gasteiger partial charge >= 0.3 is 0 Å². The molecule has 2 rings (SSSR count). The van der Waals surface area contributed by atoms with Crippen molar-refractivity contribution < 1.29 is 4.79 Å². The molecule has 3 nitrogen and oxygen atoms in total.